The number of allylic oxidation sites excluding steroid dienone is 2. The number of carbonyl (C=O) groups is 2. The summed E-state index contributed by atoms with van der Waals surface area (Å²) in [5.41, 5.74) is 0. The molecule has 6 heteroatoms. The Kier molecular flexibility index (Phi) is 3.77. The van der Waals surface area contributed by atoms with Crippen molar-refractivity contribution in [2.24, 2.45) is 23.7 Å². The molecule has 1 saturated carbocycles. The first kappa shape index (κ1) is 13.9. The second kappa shape index (κ2) is 5.71. The maximum atomic E-state index is 12.3. The number of aryl methyl sites for hydroxylation is 1. The summed E-state index contributed by atoms with van der Waals surface area (Å²) >= 11 is 0. The van der Waals surface area contributed by atoms with Crippen LogP contribution in [0.5, 0.6) is 0 Å². The van der Waals surface area contributed by atoms with Crippen LogP contribution in [0.25, 0.3) is 0 Å². The van der Waals surface area contributed by atoms with E-state index in [1.54, 1.807) is 12.5 Å². The number of carboxylic acids is 1. The molecule has 0 spiro atoms. The van der Waals surface area contributed by atoms with Gasteiger partial charge in [0.15, 0.2) is 0 Å². The summed E-state index contributed by atoms with van der Waals surface area (Å²) in [5.74, 6) is -1.84. The minimum absolute atomic E-state index is 0.0224. The highest BCUT2D eigenvalue weighted by atomic mass is 16.4. The highest BCUT2D eigenvalue weighted by Gasteiger charge is 2.51. The third kappa shape index (κ3) is 2.70. The van der Waals surface area contributed by atoms with Gasteiger partial charge in [-0.3, -0.25) is 9.59 Å². The Morgan fingerprint density at radius 2 is 2.05 bits per heavy atom. The number of nitrogens with zero attached hydrogens (tertiary/aromatic N) is 2. The molecule has 21 heavy (non-hydrogen) atoms. The standard InChI is InChI=1S/C15H19N3O3/c19-14(17-4-1-6-18-7-5-16-9-18)12-10-2-3-11(8-10)13(12)15(20)21/h2-3,5,7,9-13H,1,4,6,8H2,(H,17,19)(H,20,21)/t10-,11+,12+,13-/m1/s1. The molecule has 0 aromatic carbocycles. The Bertz CT molecular complexity index is 553. The number of hydrogen-bond acceptors (Lipinski definition) is 3. The van der Waals surface area contributed by atoms with E-state index in [0.717, 1.165) is 19.4 Å². The first-order valence-electron chi connectivity index (χ1n) is 7.31. The SMILES string of the molecule is O=C(NCCCn1ccnc1)[C@@H]1[C@H](C(=O)O)[C@H]2C=C[C@@H]1C2. The summed E-state index contributed by atoms with van der Waals surface area (Å²) < 4.78 is 1.95. The van der Waals surface area contributed by atoms with Gasteiger partial charge in [0.05, 0.1) is 18.2 Å². The van der Waals surface area contributed by atoms with Crippen LogP contribution in [0.1, 0.15) is 12.8 Å². The molecular weight excluding hydrogens is 270 g/mol. The van der Waals surface area contributed by atoms with Crippen LogP contribution in [0.4, 0.5) is 0 Å². The molecule has 3 rings (SSSR count). The average molecular weight is 289 g/mol. The third-order valence-corrected chi connectivity index (χ3v) is 4.50. The van der Waals surface area contributed by atoms with E-state index in [2.05, 4.69) is 10.3 Å². The molecule has 1 aromatic rings. The molecule has 0 aliphatic heterocycles. The average Bonchev–Trinajstić information content (AvgIpc) is 3.18. The summed E-state index contributed by atoms with van der Waals surface area (Å²) in [6.45, 7) is 1.35. The molecule has 1 fully saturated rings. The topological polar surface area (TPSA) is 84.2 Å². The number of carbonyl (C=O) groups excluding carboxylic acids is 1. The number of aliphatic carboxylic acids is 1. The zero-order valence-corrected chi connectivity index (χ0v) is 11.7. The van der Waals surface area contributed by atoms with Crippen LogP contribution in [-0.2, 0) is 16.1 Å². The maximum absolute atomic E-state index is 12.3. The predicted octanol–water partition coefficient (Wildman–Crippen LogP) is 0.912. The van der Waals surface area contributed by atoms with E-state index in [1.807, 2.05) is 22.9 Å². The normalized spacial score (nSPS) is 29.7. The van der Waals surface area contributed by atoms with Gasteiger partial charge < -0.3 is 15.0 Å². The Balaban J connectivity index is 1.51. The molecule has 112 valence electrons. The van der Waals surface area contributed by atoms with Crippen LogP contribution < -0.4 is 5.32 Å². The van der Waals surface area contributed by atoms with Gasteiger partial charge >= 0.3 is 5.97 Å². The van der Waals surface area contributed by atoms with Crippen molar-refractivity contribution < 1.29 is 14.7 Å². The summed E-state index contributed by atoms with van der Waals surface area (Å²) in [6.07, 6.45) is 10.9. The molecule has 2 bridgehead atoms. The van der Waals surface area contributed by atoms with Gasteiger partial charge in [-0.15, -0.1) is 0 Å². The zero-order valence-electron chi connectivity index (χ0n) is 11.7. The molecule has 0 saturated heterocycles. The van der Waals surface area contributed by atoms with E-state index in [9.17, 15) is 14.7 Å². The lowest BCUT2D eigenvalue weighted by molar-refractivity contribution is -0.147. The lowest BCUT2D eigenvalue weighted by atomic mass is 9.82. The fraction of sp³-hybridized carbons (Fsp3) is 0.533. The second-order valence-electron chi connectivity index (χ2n) is 5.78. The first-order valence-corrected chi connectivity index (χ1v) is 7.31. The lowest BCUT2D eigenvalue weighted by Crippen LogP contribution is -2.40. The van der Waals surface area contributed by atoms with Crippen LogP contribution in [-0.4, -0.2) is 33.1 Å². The second-order valence-corrected chi connectivity index (χ2v) is 5.78. The number of imidazole rings is 1. The van der Waals surface area contributed by atoms with Crippen molar-refractivity contribution >= 4 is 11.9 Å². The van der Waals surface area contributed by atoms with Gasteiger partial charge in [0.1, 0.15) is 0 Å². The quantitative estimate of drug-likeness (QED) is 0.602. The van der Waals surface area contributed by atoms with Crippen LogP contribution >= 0.6 is 0 Å². The lowest BCUT2D eigenvalue weighted by Gasteiger charge is -2.23. The predicted molar refractivity (Wildman–Crippen MR) is 75.2 cm³/mol. The van der Waals surface area contributed by atoms with E-state index < -0.39 is 17.8 Å². The van der Waals surface area contributed by atoms with Gasteiger partial charge in [0.2, 0.25) is 5.91 Å². The highest BCUT2D eigenvalue weighted by Crippen LogP contribution is 2.48. The molecule has 2 aliphatic carbocycles. The molecule has 2 aliphatic rings. The highest BCUT2D eigenvalue weighted by molar-refractivity contribution is 5.86. The molecule has 2 N–H and O–H groups in total. The third-order valence-electron chi connectivity index (χ3n) is 4.50. The van der Waals surface area contributed by atoms with Gasteiger partial charge in [-0.25, -0.2) is 4.98 Å². The Labute approximate surface area is 122 Å². The van der Waals surface area contributed by atoms with Crippen LogP contribution in [0, 0.1) is 23.7 Å². The summed E-state index contributed by atoms with van der Waals surface area (Å²) in [6, 6.07) is 0. The first-order chi connectivity index (χ1) is 10.2. The van der Waals surface area contributed by atoms with Crippen molar-refractivity contribution in [3.05, 3.63) is 30.9 Å². The molecule has 1 heterocycles. The van der Waals surface area contributed by atoms with E-state index in [1.165, 1.54) is 0 Å². The molecule has 0 radical (unpaired) electrons. The fourth-order valence-electron chi connectivity index (χ4n) is 3.53. The largest absolute Gasteiger partial charge is 0.481 e. The molecule has 1 amide bonds. The molecule has 6 nitrogen and oxygen atoms in total. The summed E-state index contributed by atoms with van der Waals surface area (Å²) in [5, 5.41) is 12.2. The van der Waals surface area contributed by atoms with Gasteiger partial charge in [-0.05, 0) is 24.7 Å². The number of hydrogen-bond donors (Lipinski definition) is 2. The Morgan fingerprint density at radius 1 is 1.29 bits per heavy atom. The number of fused-ring (bicyclic) bond motifs is 2. The molecule has 1 aromatic heterocycles. The molecule has 4 atom stereocenters. The number of aromatic nitrogens is 2. The maximum Gasteiger partial charge on any atom is 0.307 e. The van der Waals surface area contributed by atoms with Gasteiger partial charge in [0.25, 0.3) is 0 Å². The van der Waals surface area contributed by atoms with Crippen molar-refractivity contribution in [2.45, 2.75) is 19.4 Å². The van der Waals surface area contributed by atoms with E-state index >= 15 is 0 Å². The Morgan fingerprint density at radius 3 is 2.71 bits per heavy atom. The molecule has 0 unspecified atom stereocenters. The van der Waals surface area contributed by atoms with Crippen LogP contribution in [0.15, 0.2) is 30.9 Å². The van der Waals surface area contributed by atoms with Crippen molar-refractivity contribution in [3.63, 3.8) is 0 Å². The minimum Gasteiger partial charge on any atom is -0.481 e. The van der Waals surface area contributed by atoms with Gasteiger partial charge in [-0.1, -0.05) is 12.2 Å². The fourth-order valence-corrected chi connectivity index (χ4v) is 3.53. The smallest absolute Gasteiger partial charge is 0.307 e. The number of carboxylic acid groups (broad SMARTS) is 1. The zero-order chi connectivity index (χ0) is 14.8. The van der Waals surface area contributed by atoms with E-state index in [-0.39, 0.29) is 17.7 Å². The number of nitrogens with one attached hydrogen (secondary N) is 1. The summed E-state index contributed by atoms with van der Waals surface area (Å²) in [4.78, 5) is 27.6. The van der Waals surface area contributed by atoms with Crippen molar-refractivity contribution in [1.29, 1.82) is 0 Å². The number of rotatable bonds is 6. The van der Waals surface area contributed by atoms with Gasteiger partial charge in [-0.2, -0.15) is 0 Å². The number of amides is 1. The monoisotopic (exact) mass is 289 g/mol. The van der Waals surface area contributed by atoms with E-state index in [4.69, 9.17) is 0 Å². The van der Waals surface area contributed by atoms with Crippen molar-refractivity contribution in [3.8, 4) is 0 Å². The molecular formula is C15H19N3O3. The van der Waals surface area contributed by atoms with Crippen molar-refractivity contribution in [2.75, 3.05) is 6.54 Å². The van der Waals surface area contributed by atoms with Crippen LogP contribution in [0.3, 0.4) is 0 Å². The summed E-state index contributed by atoms with van der Waals surface area (Å²) in [7, 11) is 0. The van der Waals surface area contributed by atoms with E-state index in [0.29, 0.717) is 6.54 Å². The Hall–Kier alpha value is -2.11. The van der Waals surface area contributed by atoms with Crippen LogP contribution in [0.2, 0.25) is 0 Å². The minimum atomic E-state index is -0.856. The van der Waals surface area contributed by atoms with Crippen molar-refractivity contribution in [1.82, 2.24) is 14.9 Å². The van der Waals surface area contributed by atoms with Gasteiger partial charge in [0, 0.05) is 25.5 Å².